The van der Waals surface area contributed by atoms with Gasteiger partial charge in [-0.1, -0.05) is 0 Å². The second-order valence-corrected chi connectivity index (χ2v) is 10.8. The number of carbonyl (C=O) groups is 1. The van der Waals surface area contributed by atoms with Crippen molar-refractivity contribution in [2.24, 2.45) is 4.99 Å². The highest BCUT2D eigenvalue weighted by molar-refractivity contribution is 7.66. The van der Waals surface area contributed by atoms with Crippen molar-refractivity contribution in [3.8, 4) is 0 Å². The second kappa shape index (κ2) is 8.72. The Morgan fingerprint density at radius 2 is 1.77 bits per heavy atom. The van der Waals surface area contributed by atoms with Crippen LogP contribution in [0.3, 0.4) is 0 Å². The van der Waals surface area contributed by atoms with E-state index in [9.17, 15) is 33.6 Å². The number of ether oxygens (including phenoxy) is 1. The Kier molecular flexibility index (Phi) is 6.93. The van der Waals surface area contributed by atoms with Gasteiger partial charge in [0.15, 0.2) is 6.23 Å². The largest absolute Gasteiger partial charge is 0.490 e. The van der Waals surface area contributed by atoms with Crippen LogP contribution in [0.25, 0.3) is 0 Å². The Morgan fingerprint density at radius 3 is 2.42 bits per heavy atom. The molecule has 3 heterocycles. The number of aliphatic imine (C=N–C) groups is 1. The molecule has 0 radical (unpaired) electrons. The van der Waals surface area contributed by atoms with Gasteiger partial charge < -0.3 is 34.5 Å². The van der Waals surface area contributed by atoms with E-state index in [1.54, 1.807) is 0 Å². The summed E-state index contributed by atoms with van der Waals surface area (Å²) in [5.74, 6) is 0.415. The molecule has 1 saturated heterocycles. The molecule has 1 fully saturated rings. The third-order valence-electron chi connectivity index (χ3n) is 4.14. The molecular formula is C11H18N3O14P3. The Balaban J connectivity index is 1.62. The molecule has 31 heavy (non-hydrogen) atoms. The molecule has 3 rings (SSSR count). The van der Waals surface area contributed by atoms with Crippen molar-refractivity contribution in [2.75, 3.05) is 19.7 Å². The summed E-state index contributed by atoms with van der Waals surface area (Å²) in [5.41, 5.74) is 0. The van der Waals surface area contributed by atoms with E-state index in [0.29, 0.717) is 18.9 Å². The molecule has 6 atom stereocenters. The van der Waals surface area contributed by atoms with E-state index < -0.39 is 60.6 Å². The van der Waals surface area contributed by atoms with Gasteiger partial charge in [-0.25, -0.2) is 18.5 Å². The van der Waals surface area contributed by atoms with Gasteiger partial charge in [0.25, 0.3) is 0 Å². The average molecular weight is 509 g/mol. The third-order valence-corrected chi connectivity index (χ3v) is 7.94. The second-order valence-electron chi connectivity index (χ2n) is 6.33. The molecule has 0 spiro atoms. The van der Waals surface area contributed by atoms with Crippen molar-refractivity contribution in [1.82, 2.24) is 9.80 Å². The Hall–Kier alpha value is -1.03. The van der Waals surface area contributed by atoms with Crippen LogP contribution in [0.1, 0.15) is 0 Å². The van der Waals surface area contributed by atoms with Crippen molar-refractivity contribution < 1.29 is 66.2 Å². The van der Waals surface area contributed by atoms with Crippen LogP contribution in [-0.2, 0) is 31.6 Å². The lowest BCUT2D eigenvalue weighted by molar-refractivity contribution is -0.0668. The van der Waals surface area contributed by atoms with E-state index in [2.05, 4.69) is 18.1 Å². The number of nitrogens with zero attached hydrogens (tertiary/aromatic N) is 3. The fourth-order valence-corrected chi connectivity index (χ4v) is 5.94. The first-order chi connectivity index (χ1) is 14.2. The summed E-state index contributed by atoms with van der Waals surface area (Å²) in [5, 5.41) is 20.3. The molecule has 3 aliphatic rings. The van der Waals surface area contributed by atoms with Crippen LogP contribution in [0, 0.1) is 0 Å². The summed E-state index contributed by atoms with van der Waals surface area (Å²) in [6.07, 6.45) is -3.53. The van der Waals surface area contributed by atoms with Crippen molar-refractivity contribution >= 4 is 35.3 Å². The van der Waals surface area contributed by atoms with Gasteiger partial charge in [0.2, 0.25) is 0 Å². The maximum Gasteiger partial charge on any atom is 0.490 e. The highest BCUT2D eigenvalue weighted by Crippen LogP contribution is 2.66. The third kappa shape index (κ3) is 5.86. The predicted molar refractivity (Wildman–Crippen MR) is 95.9 cm³/mol. The molecule has 0 aliphatic carbocycles. The maximum absolute atomic E-state index is 12.5. The van der Waals surface area contributed by atoms with Crippen LogP contribution < -0.4 is 0 Å². The monoisotopic (exact) mass is 509 g/mol. The maximum atomic E-state index is 12.5. The van der Waals surface area contributed by atoms with E-state index in [1.165, 1.54) is 17.2 Å². The molecule has 2 amide bonds. The standard InChI is InChI=1S/C11H18N3O14P3/c15-8-6(5-25-30(21,22)28-31(23,24)27-29(18,19)20)26-10(9(8)16)14-3-1-7-12-2-4-13(7)11(14)17/h1,3,6,8-10,15-16H,2,4-5H2,(H,21,22)(H,23,24)(H2,18,19,20)/t6-,8-,9-,10-/m1/s1. The number of amides is 2. The molecule has 2 unspecified atom stereocenters. The van der Waals surface area contributed by atoms with Gasteiger partial charge in [0.05, 0.1) is 13.2 Å². The van der Waals surface area contributed by atoms with Crippen molar-refractivity contribution in [3.05, 3.63) is 12.3 Å². The normalized spacial score (nSPS) is 32.6. The van der Waals surface area contributed by atoms with Crippen LogP contribution in [0.4, 0.5) is 4.79 Å². The summed E-state index contributed by atoms with van der Waals surface area (Å²) in [6, 6.07) is -0.594. The Bertz CT molecular complexity index is 934. The van der Waals surface area contributed by atoms with E-state index in [-0.39, 0.29) is 0 Å². The number of phosphoric acid groups is 3. The minimum atomic E-state index is -5.71. The first kappa shape index (κ1) is 24.6. The molecule has 17 nitrogen and oxygen atoms in total. The van der Waals surface area contributed by atoms with E-state index >= 15 is 0 Å². The van der Waals surface area contributed by atoms with Gasteiger partial charge in [-0.2, -0.15) is 8.62 Å². The van der Waals surface area contributed by atoms with Crippen LogP contribution >= 0.6 is 23.5 Å². The zero-order chi connectivity index (χ0) is 23.2. The SMILES string of the molecule is O=C1N2CCN=C2C=CN1[C@@H]1O[C@H](COP(=O)(O)OP(=O)(O)OP(=O)(O)O)[C@@H](O)[C@H]1O. The molecule has 0 bridgehead atoms. The van der Waals surface area contributed by atoms with Crippen LogP contribution in [-0.4, -0.2) is 95.7 Å². The summed E-state index contributed by atoms with van der Waals surface area (Å²) < 4.78 is 50.5. The fraction of sp³-hybridized carbons (Fsp3) is 0.636. The topological polar surface area (TPSA) is 245 Å². The number of aliphatic hydroxyl groups is 2. The minimum Gasteiger partial charge on any atom is -0.387 e. The molecule has 3 aliphatic heterocycles. The molecule has 6 N–H and O–H groups in total. The number of phosphoric ester groups is 1. The van der Waals surface area contributed by atoms with Crippen LogP contribution in [0.15, 0.2) is 17.3 Å². The lowest BCUT2D eigenvalue weighted by Gasteiger charge is -2.33. The van der Waals surface area contributed by atoms with Gasteiger partial charge in [-0.15, -0.1) is 0 Å². The molecule has 0 saturated carbocycles. The lowest BCUT2D eigenvalue weighted by Crippen LogP contribution is -2.52. The van der Waals surface area contributed by atoms with Gasteiger partial charge in [-0.05, 0) is 6.08 Å². The zero-order valence-electron chi connectivity index (χ0n) is 15.2. The number of carbonyl (C=O) groups excluding carboxylic acids is 1. The summed E-state index contributed by atoms with van der Waals surface area (Å²) in [7, 11) is -16.7. The molecule has 20 heteroatoms. The number of hydrogen-bond acceptors (Lipinski definition) is 11. The first-order valence-electron chi connectivity index (χ1n) is 8.31. The van der Waals surface area contributed by atoms with E-state index in [4.69, 9.17) is 19.4 Å². The lowest BCUT2D eigenvalue weighted by atomic mass is 10.1. The van der Waals surface area contributed by atoms with Crippen LogP contribution in [0.2, 0.25) is 0 Å². The molecular weight excluding hydrogens is 491 g/mol. The Morgan fingerprint density at radius 1 is 1.10 bits per heavy atom. The van der Waals surface area contributed by atoms with Gasteiger partial charge in [0.1, 0.15) is 24.1 Å². The molecule has 0 aromatic carbocycles. The van der Waals surface area contributed by atoms with Crippen molar-refractivity contribution in [1.29, 1.82) is 0 Å². The highest BCUT2D eigenvalue weighted by atomic mass is 31.3. The smallest absolute Gasteiger partial charge is 0.387 e. The van der Waals surface area contributed by atoms with E-state index in [0.717, 1.165) is 4.90 Å². The van der Waals surface area contributed by atoms with Gasteiger partial charge in [-0.3, -0.25) is 19.3 Å². The quantitative estimate of drug-likeness (QED) is 0.203. The number of urea groups is 1. The minimum absolute atomic E-state index is 0.301. The number of rotatable bonds is 8. The Labute approximate surface area is 173 Å². The molecule has 0 aromatic heterocycles. The van der Waals surface area contributed by atoms with Gasteiger partial charge in [0, 0.05) is 12.7 Å². The summed E-state index contributed by atoms with van der Waals surface area (Å²) in [4.78, 5) is 54.4. The average Bonchev–Trinajstić information content (AvgIpc) is 3.17. The summed E-state index contributed by atoms with van der Waals surface area (Å²) in [6.45, 7) is -0.297. The van der Waals surface area contributed by atoms with Crippen molar-refractivity contribution in [3.63, 3.8) is 0 Å². The fourth-order valence-electron chi connectivity index (χ4n) is 2.91. The van der Waals surface area contributed by atoms with Crippen molar-refractivity contribution in [2.45, 2.75) is 24.5 Å². The van der Waals surface area contributed by atoms with Crippen LogP contribution in [0.5, 0.6) is 0 Å². The number of amidine groups is 1. The highest BCUT2D eigenvalue weighted by Gasteiger charge is 2.49. The molecule has 176 valence electrons. The number of hydrogen-bond donors (Lipinski definition) is 6. The number of fused-ring (bicyclic) bond motifs is 1. The van der Waals surface area contributed by atoms with Gasteiger partial charge >= 0.3 is 29.5 Å². The molecule has 0 aromatic rings. The van der Waals surface area contributed by atoms with E-state index in [1.807, 2.05) is 0 Å². The number of aliphatic hydroxyl groups excluding tert-OH is 2. The first-order valence-corrected chi connectivity index (χ1v) is 12.8. The summed E-state index contributed by atoms with van der Waals surface area (Å²) >= 11 is 0. The zero-order valence-corrected chi connectivity index (χ0v) is 17.9. The predicted octanol–water partition coefficient (Wildman–Crippen LogP) is -1.56.